The predicted octanol–water partition coefficient (Wildman–Crippen LogP) is 3.45. The van der Waals surface area contributed by atoms with Gasteiger partial charge in [-0.3, -0.25) is 0 Å². The summed E-state index contributed by atoms with van der Waals surface area (Å²) in [6.45, 7) is 6.39. The van der Waals surface area contributed by atoms with Crippen LogP contribution in [0.3, 0.4) is 0 Å². The molecule has 5 heteroatoms. The molecule has 1 heterocycles. The zero-order valence-electron chi connectivity index (χ0n) is 13.7. The average Bonchev–Trinajstić information content (AvgIpc) is 3.08. The Bertz CT molecular complexity index is 611. The Kier molecular flexibility index (Phi) is 5.80. The Morgan fingerprint density at radius 2 is 1.96 bits per heavy atom. The minimum absolute atomic E-state index is 0.0526. The molecule has 1 aromatic heterocycles. The van der Waals surface area contributed by atoms with Crippen LogP contribution in [-0.2, 0) is 5.41 Å². The highest BCUT2D eigenvalue weighted by Gasteiger charge is 2.29. The van der Waals surface area contributed by atoms with Gasteiger partial charge in [-0.1, -0.05) is 44.2 Å². The van der Waals surface area contributed by atoms with Crippen LogP contribution in [0, 0.1) is 0 Å². The molecule has 0 spiro atoms. The normalized spacial score (nSPS) is 14.1. The van der Waals surface area contributed by atoms with Crippen LogP contribution < -0.4 is 10.6 Å². The third kappa shape index (κ3) is 4.56. The third-order valence-electron chi connectivity index (χ3n) is 4.33. The van der Waals surface area contributed by atoms with Crippen LogP contribution in [0.2, 0.25) is 0 Å². The summed E-state index contributed by atoms with van der Waals surface area (Å²) < 4.78 is 0. The largest absolute Gasteiger partial charge is 0.387 e. The zero-order valence-corrected chi connectivity index (χ0v) is 14.6. The molecule has 0 aliphatic rings. The van der Waals surface area contributed by atoms with Crippen molar-refractivity contribution in [3.63, 3.8) is 0 Å². The van der Waals surface area contributed by atoms with Crippen molar-refractivity contribution in [2.24, 2.45) is 0 Å². The number of benzene rings is 1. The number of carbonyl (C=O) groups excluding carboxylic acids is 1. The van der Waals surface area contributed by atoms with Crippen LogP contribution in [0.25, 0.3) is 0 Å². The Hall–Kier alpha value is -1.85. The Morgan fingerprint density at radius 3 is 2.57 bits per heavy atom. The summed E-state index contributed by atoms with van der Waals surface area (Å²) in [5.41, 5.74) is 1.81. The second-order valence-corrected chi connectivity index (χ2v) is 7.02. The third-order valence-corrected chi connectivity index (χ3v) is 5.03. The molecule has 1 aromatic carbocycles. The number of amides is 2. The van der Waals surface area contributed by atoms with Gasteiger partial charge in [0.1, 0.15) is 0 Å². The van der Waals surface area contributed by atoms with Crippen molar-refractivity contribution in [2.45, 2.75) is 38.3 Å². The minimum atomic E-state index is -0.676. The number of hydrogen-bond acceptors (Lipinski definition) is 3. The lowest BCUT2D eigenvalue weighted by Gasteiger charge is -2.33. The van der Waals surface area contributed by atoms with Gasteiger partial charge in [-0.15, -0.1) is 0 Å². The topological polar surface area (TPSA) is 61.4 Å². The second kappa shape index (κ2) is 7.62. The predicted molar refractivity (Wildman–Crippen MR) is 94.7 cm³/mol. The van der Waals surface area contributed by atoms with Gasteiger partial charge in [0, 0.05) is 18.0 Å². The van der Waals surface area contributed by atoms with E-state index in [0.717, 1.165) is 5.56 Å². The molecular formula is C18H24N2O2S. The molecule has 0 saturated carbocycles. The molecule has 0 fully saturated rings. The smallest absolute Gasteiger partial charge is 0.315 e. The highest BCUT2D eigenvalue weighted by molar-refractivity contribution is 7.07. The number of carbonyl (C=O) groups is 1. The first-order valence-corrected chi connectivity index (χ1v) is 8.65. The van der Waals surface area contributed by atoms with Crippen LogP contribution in [0.4, 0.5) is 4.79 Å². The van der Waals surface area contributed by atoms with Gasteiger partial charge >= 0.3 is 6.03 Å². The zero-order chi connectivity index (χ0) is 16.9. The molecule has 4 nitrogen and oxygen atoms in total. The molecule has 2 amide bonds. The van der Waals surface area contributed by atoms with Gasteiger partial charge in [-0.05, 0) is 34.9 Å². The van der Waals surface area contributed by atoms with Crippen LogP contribution in [0.1, 0.15) is 38.0 Å². The number of hydrogen-bond donors (Lipinski definition) is 3. The van der Waals surface area contributed by atoms with E-state index in [2.05, 4.69) is 36.6 Å². The lowest BCUT2D eigenvalue weighted by Crippen LogP contribution is -2.49. The molecule has 0 aliphatic heterocycles. The van der Waals surface area contributed by atoms with Gasteiger partial charge in [0.25, 0.3) is 0 Å². The van der Waals surface area contributed by atoms with Gasteiger partial charge in [-0.2, -0.15) is 11.3 Å². The standard InChI is InChI=1S/C18H24N2O2S/c1-13(18(2,3)15-7-5-4-6-8-15)20-17(22)19-11-16(21)14-9-10-23-12-14/h4-10,12-13,16,21H,11H2,1-3H3,(H2,19,20,22). The number of urea groups is 1. The fraction of sp³-hybridized carbons (Fsp3) is 0.389. The Balaban J connectivity index is 1.87. The lowest BCUT2D eigenvalue weighted by atomic mass is 9.78. The van der Waals surface area contributed by atoms with E-state index in [1.165, 1.54) is 16.9 Å². The fourth-order valence-electron chi connectivity index (χ4n) is 2.32. The molecule has 23 heavy (non-hydrogen) atoms. The van der Waals surface area contributed by atoms with Crippen molar-refractivity contribution in [3.8, 4) is 0 Å². The molecule has 2 rings (SSSR count). The van der Waals surface area contributed by atoms with Crippen molar-refractivity contribution >= 4 is 17.4 Å². The molecule has 124 valence electrons. The molecular weight excluding hydrogens is 308 g/mol. The fourth-order valence-corrected chi connectivity index (χ4v) is 3.02. The van der Waals surface area contributed by atoms with E-state index in [1.54, 1.807) is 0 Å². The summed E-state index contributed by atoms with van der Waals surface area (Å²) in [4.78, 5) is 12.1. The number of aliphatic hydroxyl groups is 1. The van der Waals surface area contributed by atoms with E-state index >= 15 is 0 Å². The lowest BCUT2D eigenvalue weighted by molar-refractivity contribution is 0.172. The van der Waals surface area contributed by atoms with Crippen LogP contribution >= 0.6 is 11.3 Å². The van der Waals surface area contributed by atoms with Crippen molar-refractivity contribution < 1.29 is 9.90 Å². The summed E-state index contributed by atoms with van der Waals surface area (Å²) in [5, 5.41) is 19.5. The number of nitrogens with one attached hydrogen (secondary N) is 2. The van der Waals surface area contributed by atoms with E-state index < -0.39 is 6.10 Å². The number of aliphatic hydroxyl groups excluding tert-OH is 1. The van der Waals surface area contributed by atoms with E-state index in [0.29, 0.717) is 0 Å². The van der Waals surface area contributed by atoms with E-state index in [-0.39, 0.29) is 24.0 Å². The molecule has 0 radical (unpaired) electrons. The maximum absolute atomic E-state index is 12.1. The summed E-state index contributed by atoms with van der Waals surface area (Å²) in [6, 6.07) is 11.7. The second-order valence-electron chi connectivity index (χ2n) is 6.24. The molecule has 2 atom stereocenters. The van der Waals surface area contributed by atoms with E-state index in [1.807, 2.05) is 41.9 Å². The van der Waals surface area contributed by atoms with Crippen molar-refractivity contribution in [1.29, 1.82) is 0 Å². The Labute approximate surface area is 141 Å². The molecule has 2 aromatic rings. The van der Waals surface area contributed by atoms with Crippen molar-refractivity contribution in [1.82, 2.24) is 10.6 Å². The minimum Gasteiger partial charge on any atom is -0.387 e. The van der Waals surface area contributed by atoms with Gasteiger partial charge in [0.05, 0.1) is 6.10 Å². The summed E-state index contributed by atoms with van der Waals surface area (Å²) in [6.07, 6.45) is -0.676. The monoisotopic (exact) mass is 332 g/mol. The summed E-state index contributed by atoms with van der Waals surface area (Å²) in [7, 11) is 0. The van der Waals surface area contributed by atoms with Gasteiger partial charge in [0.2, 0.25) is 0 Å². The van der Waals surface area contributed by atoms with E-state index in [9.17, 15) is 9.90 Å². The average molecular weight is 332 g/mol. The van der Waals surface area contributed by atoms with Crippen molar-refractivity contribution in [3.05, 3.63) is 58.3 Å². The van der Waals surface area contributed by atoms with Gasteiger partial charge in [-0.25, -0.2) is 4.79 Å². The van der Waals surface area contributed by atoms with Crippen LogP contribution in [-0.4, -0.2) is 23.7 Å². The summed E-state index contributed by atoms with van der Waals surface area (Å²) in [5.74, 6) is 0. The quantitative estimate of drug-likeness (QED) is 0.759. The molecule has 3 N–H and O–H groups in total. The summed E-state index contributed by atoms with van der Waals surface area (Å²) >= 11 is 1.53. The molecule has 0 saturated heterocycles. The van der Waals surface area contributed by atoms with E-state index in [4.69, 9.17) is 0 Å². The van der Waals surface area contributed by atoms with Crippen molar-refractivity contribution in [2.75, 3.05) is 6.54 Å². The molecule has 0 aliphatic carbocycles. The van der Waals surface area contributed by atoms with Crippen LogP contribution in [0.5, 0.6) is 0 Å². The molecule has 0 bridgehead atoms. The maximum atomic E-state index is 12.1. The molecule has 2 unspecified atom stereocenters. The SMILES string of the molecule is CC(NC(=O)NCC(O)c1ccsc1)C(C)(C)c1ccccc1. The highest BCUT2D eigenvalue weighted by Crippen LogP contribution is 2.26. The first-order valence-electron chi connectivity index (χ1n) is 7.71. The van der Waals surface area contributed by atoms with Crippen LogP contribution in [0.15, 0.2) is 47.2 Å². The van der Waals surface area contributed by atoms with Gasteiger partial charge in [0.15, 0.2) is 0 Å². The first-order chi connectivity index (χ1) is 10.9. The Morgan fingerprint density at radius 1 is 1.26 bits per heavy atom. The van der Waals surface area contributed by atoms with Gasteiger partial charge < -0.3 is 15.7 Å². The number of thiophene rings is 1. The highest BCUT2D eigenvalue weighted by atomic mass is 32.1. The first kappa shape index (κ1) is 17.5. The maximum Gasteiger partial charge on any atom is 0.315 e. The number of rotatable bonds is 6.